The molecular weight excluding hydrogens is 270 g/mol. The van der Waals surface area contributed by atoms with E-state index in [0.29, 0.717) is 23.8 Å². The van der Waals surface area contributed by atoms with E-state index < -0.39 is 4.92 Å². The Morgan fingerprint density at radius 3 is 2.81 bits per heavy atom. The Morgan fingerprint density at radius 1 is 1.43 bits per heavy atom. The van der Waals surface area contributed by atoms with Crippen LogP contribution in [0.3, 0.4) is 0 Å². The zero-order valence-corrected chi connectivity index (χ0v) is 12.4. The molecule has 0 aliphatic heterocycles. The highest BCUT2D eigenvalue weighted by atomic mass is 16.6. The first-order valence-electron chi connectivity index (χ1n) is 6.82. The SMILES string of the molecule is Cc1cc(NCc2nccn2CC(C)C)ncc1[N+](=O)[O-]. The number of hydrogen-bond donors (Lipinski definition) is 1. The number of rotatable bonds is 6. The van der Waals surface area contributed by atoms with Crippen molar-refractivity contribution in [2.75, 3.05) is 5.32 Å². The lowest BCUT2D eigenvalue weighted by molar-refractivity contribution is -0.385. The number of nitrogens with zero attached hydrogens (tertiary/aromatic N) is 4. The summed E-state index contributed by atoms with van der Waals surface area (Å²) in [7, 11) is 0. The van der Waals surface area contributed by atoms with Crippen molar-refractivity contribution in [2.24, 2.45) is 5.92 Å². The van der Waals surface area contributed by atoms with Crippen LogP contribution < -0.4 is 5.32 Å². The first-order valence-corrected chi connectivity index (χ1v) is 6.82. The quantitative estimate of drug-likeness (QED) is 0.652. The highest BCUT2D eigenvalue weighted by Gasteiger charge is 2.12. The summed E-state index contributed by atoms with van der Waals surface area (Å²) in [5.74, 6) is 2.07. The summed E-state index contributed by atoms with van der Waals surface area (Å²) < 4.78 is 2.09. The number of aryl methyl sites for hydroxylation is 1. The predicted octanol–water partition coefficient (Wildman–Crippen LogP) is 2.76. The summed E-state index contributed by atoms with van der Waals surface area (Å²) in [4.78, 5) is 18.7. The van der Waals surface area contributed by atoms with Crippen LogP contribution in [0, 0.1) is 23.0 Å². The standard InChI is InChI=1S/C14H19N5O2/c1-10(2)9-18-5-4-15-14(18)8-17-13-6-11(3)12(7-16-13)19(20)21/h4-7,10H,8-9H2,1-3H3,(H,16,17). The van der Waals surface area contributed by atoms with Crippen LogP contribution in [0.2, 0.25) is 0 Å². The molecule has 0 aliphatic carbocycles. The molecule has 0 amide bonds. The number of anilines is 1. The summed E-state index contributed by atoms with van der Waals surface area (Å²) in [5.41, 5.74) is 0.616. The van der Waals surface area contributed by atoms with E-state index in [2.05, 4.69) is 33.7 Å². The Balaban J connectivity index is 2.05. The Hall–Kier alpha value is -2.44. The minimum Gasteiger partial charge on any atom is -0.363 e. The maximum atomic E-state index is 10.8. The summed E-state index contributed by atoms with van der Waals surface area (Å²) in [5, 5.41) is 13.9. The molecule has 0 aliphatic rings. The van der Waals surface area contributed by atoms with Gasteiger partial charge in [0, 0.05) is 24.5 Å². The monoisotopic (exact) mass is 289 g/mol. The number of hydrogen-bond acceptors (Lipinski definition) is 5. The zero-order chi connectivity index (χ0) is 15.4. The first kappa shape index (κ1) is 15.0. The van der Waals surface area contributed by atoms with E-state index in [4.69, 9.17) is 0 Å². The average Bonchev–Trinajstić information content (AvgIpc) is 2.82. The number of aromatic nitrogens is 3. The summed E-state index contributed by atoms with van der Waals surface area (Å²) in [6.45, 7) is 7.44. The van der Waals surface area contributed by atoms with Gasteiger partial charge >= 0.3 is 0 Å². The highest BCUT2D eigenvalue weighted by Crippen LogP contribution is 2.19. The van der Waals surface area contributed by atoms with E-state index in [1.54, 1.807) is 19.2 Å². The lowest BCUT2D eigenvalue weighted by Crippen LogP contribution is -2.12. The Bertz CT molecular complexity index is 636. The normalized spacial score (nSPS) is 10.9. The molecule has 2 heterocycles. The highest BCUT2D eigenvalue weighted by molar-refractivity contribution is 5.46. The largest absolute Gasteiger partial charge is 0.363 e. The Labute approximate surface area is 123 Å². The van der Waals surface area contributed by atoms with Crippen molar-refractivity contribution in [3.05, 3.63) is 46.2 Å². The van der Waals surface area contributed by atoms with Gasteiger partial charge < -0.3 is 9.88 Å². The van der Waals surface area contributed by atoms with Crippen LogP contribution in [0.15, 0.2) is 24.7 Å². The fraction of sp³-hybridized carbons (Fsp3) is 0.429. The molecule has 7 nitrogen and oxygen atoms in total. The van der Waals surface area contributed by atoms with Gasteiger partial charge in [-0.05, 0) is 18.9 Å². The second-order valence-electron chi connectivity index (χ2n) is 5.36. The molecule has 2 rings (SSSR count). The third-order valence-electron chi connectivity index (χ3n) is 3.07. The Kier molecular flexibility index (Phi) is 4.52. The van der Waals surface area contributed by atoms with Gasteiger partial charge in [-0.1, -0.05) is 13.8 Å². The summed E-state index contributed by atoms with van der Waals surface area (Å²) in [6.07, 6.45) is 5.00. The van der Waals surface area contributed by atoms with E-state index in [1.807, 2.05) is 6.20 Å². The Morgan fingerprint density at radius 2 is 2.19 bits per heavy atom. The lowest BCUT2D eigenvalue weighted by atomic mass is 10.2. The predicted molar refractivity (Wildman–Crippen MR) is 80.0 cm³/mol. The van der Waals surface area contributed by atoms with Crippen LogP contribution in [0.25, 0.3) is 0 Å². The molecule has 1 N–H and O–H groups in total. The van der Waals surface area contributed by atoms with Crippen molar-refractivity contribution in [2.45, 2.75) is 33.9 Å². The number of pyridine rings is 1. The second kappa shape index (κ2) is 6.34. The van der Waals surface area contributed by atoms with Gasteiger partial charge in [-0.3, -0.25) is 10.1 Å². The van der Waals surface area contributed by atoms with Crippen LogP contribution in [-0.4, -0.2) is 19.5 Å². The molecule has 2 aromatic heterocycles. The van der Waals surface area contributed by atoms with E-state index >= 15 is 0 Å². The molecule has 0 saturated carbocycles. The summed E-state index contributed by atoms with van der Waals surface area (Å²) in [6, 6.07) is 1.67. The van der Waals surface area contributed by atoms with Crippen molar-refractivity contribution in [1.29, 1.82) is 0 Å². The van der Waals surface area contributed by atoms with Crippen LogP contribution >= 0.6 is 0 Å². The van der Waals surface area contributed by atoms with Crippen LogP contribution in [0.5, 0.6) is 0 Å². The summed E-state index contributed by atoms with van der Waals surface area (Å²) >= 11 is 0. The molecule has 0 aromatic carbocycles. The van der Waals surface area contributed by atoms with Crippen molar-refractivity contribution in [3.8, 4) is 0 Å². The lowest BCUT2D eigenvalue weighted by Gasteiger charge is -2.11. The minimum absolute atomic E-state index is 0.0295. The molecular formula is C14H19N5O2. The molecule has 0 unspecified atom stereocenters. The maximum Gasteiger partial charge on any atom is 0.290 e. The first-order chi connectivity index (χ1) is 9.97. The van der Waals surface area contributed by atoms with Crippen molar-refractivity contribution in [3.63, 3.8) is 0 Å². The topological polar surface area (TPSA) is 85.9 Å². The van der Waals surface area contributed by atoms with Crippen molar-refractivity contribution < 1.29 is 4.92 Å². The van der Waals surface area contributed by atoms with Gasteiger partial charge in [-0.2, -0.15) is 0 Å². The van der Waals surface area contributed by atoms with E-state index in [-0.39, 0.29) is 5.69 Å². The van der Waals surface area contributed by atoms with Gasteiger partial charge in [0.1, 0.15) is 17.8 Å². The van der Waals surface area contributed by atoms with Gasteiger partial charge in [-0.15, -0.1) is 0 Å². The second-order valence-corrected chi connectivity index (χ2v) is 5.36. The van der Waals surface area contributed by atoms with E-state index in [9.17, 15) is 10.1 Å². The fourth-order valence-electron chi connectivity index (χ4n) is 2.07. The molecule has 0 radical (unpaired) electrons. The van der Waals surface area contributed by atoms with E-state index in [1.165, 1.54) is 6.20 Å². The number of nitrogens with one attached hydrogen (secondary N) is 1. The smallest absolute Gasteiger partial charge is 0.290 e. The third kappa shape index (κ3) is 3.77. The van der Waals surface area contributed by atoms with Gasteiger partial charge in [0.05, 0.1) is 11.5 Å². The molecule has 0 saturated heterocycles. The molecule has 2 aromatic rings. The van der Waals surface area contributed by atoms with Gasteiger partial charge in [0.2, 0.25) is 0 Å². The molecule has 112 valence electrons. The zero-order valence-electron chi connectivity index (χ0n) is 12.4. The number of nitro groups is 1. The third-order valence-corrected chi connectivity index (χ3v) is 3.07. The molecule has 0 fully saturated rings. The molecule has 0 atom stereocenters. The average molecular weight is 289 g/mol. The molecule has 0 bridgehead atoms. The van der Waals surface area contributed by atoms with Gasteiger partial charge in [-0.25, -0.2) is 9.97 Å². The van der Waals surface area contributed by atoms with Crippen molar-refractivity contribution >= 4 is 11.5 Å². The molecule has 21 heavy (non-hydrogen) atoms. The molecule has 7 heteroatoms. The van der Waals surface area contributed by atoms with Gasteiger partial charge in [0.25, 0.3) is 5.69 Å². The molecule has 0 spiro atoms. The van der Waals surface area contributed by atoms with Crippen molar-refractivity contribution in [1.82, 2.24) is 14.5 Å². The maximum absolute atomic E-state index is 10.8. The van der Waals surface area contributed by atoms with Gasteiger partial charge in [0.15, 0.2) is 0 Å². The van der Waals surface area contributed by atoms with E-state index in [0.717, 1.165) is 12.4 Å². The van der Waals surface area contributed by atoms with Crippen LogP contribution in [-0.2, 0) is 13.1 Å². The number of imidazole rings is 1. The fourth-order valence-corrected chi connectivity index (χ4v) is 2.07. The minimum atomic E-state index is -0.429. The van der Waals surface area contributed by atoms with Crippen LogP contribution in [0.4, 0.5) is 11.5 Å². The van der Waals surface area contributed by atoms with Crippen LogP contribution in [0.1, 0.15) is 25.2 Å².